The zero-order valence-corrected chi connectivity index (χ0v) is 13.8. The molecule has 1 unspecified atom stereocenters. The number of anilines is 1. The van der Waals surface area contributed by atoms with Gasteiger partial charge in [-0.2, -0.15) is 0 Å². The van der Waals surface area contributed by atoms with Crippen LogP contribution in [0.5, 0.6) is 0 Å². The molecule has 5 heteroatoms. The van der Waals surface area contributed by atoms with E-state index >= 15 is 0 Å². The lowest BCUT2D eigenvalue weighted by atomic mass is 9.98. The van der Waals surface area contributed by atoms with Crippen molar-refractivity contribution >= 4 is 33.3 Å². The van der Waals surface area contributed by atoms with Gasteiger partial charge in [0.1, 0.15) is 5.82 Å². The number of hydrogen-bond donors (Lipinski definition) is 2. The van der Waals surface area contributed by atoms with Crippen LogP contribution in [0.4, 0.5) is 5.82 Å². The number of benzene rings is 1. The molecule has 0 aliphatic heterocycles. The fourth-order valence-electron chi connectivity index (χ4n) is 2.15. The lowest BCUT2D eigenvalue weighted by Gasteiger charge is -2.21. The van der Waals surface area contributed by atoms with Crippen molar-refractivity contribution in [2.45, 2.75) is 19.9 Å². The monoisotopic (exact) mass is 353 g/mol. The first-order valence-electron chi connectivity index (χ1n) is 6.43. The summed E-state index contributed by atoms with van der Waals surface area (Å²) in [5, 5.41) is 4.02. The third-order valence-electron chi connectivity index (χ3n) is 3.10. The predicted octanol–water partition coefficient (Wildman–Crippen LogP) is 4.09. The van der Waals surface area contributed by atoms with Gasteiger partial charge >= 0.3 is 0 Å². The summed E-state index contributed by atoms with van der Waals surface area (Å²) in [7, 11) is 0. The normalized spacial score (nSPS) is 12.4. The number of nitrogens with one attached hydrogen (secondary N) is 1. The molecule has 106 valence electrons. The van der Waals surface area contributed by atoms with E-state index < -0.39 is 0 Å². The lowest BCUT2D eigenvalue weighted by Crippen LogP contribution is -2.23. The number of nitrogen functional groups attached to an aromatic ring is 1. The van der Waals surface area contributed by atoms with E-state index in [1.807, 2.05) is 6.07 Å². The molecule has 3 nitrogen and oxygen atoms in total. The maximum atomic E-state index is 6.06. The molecule has 0 aliphatic carbocycles. The smallest absolute Gasteiger partial charge is 0.128 e. The molecule has 0 radical (unpaired) electrons. The van der Waals surface area contributed by atoms with E-state index in [-0.39, 0.29) is 6.04 Å². The van der Waals surface area contributed by atoms with Gasteiger partial charge in [0.2, 0.25) is 0 Å². The topological polar surface area (TPSA) is 50.9 Å². The highest BCUT2D eigenvalue weighted by molar-refractivity contribution is 9.10. The number of hydrogen-bond acceptors (Lipinski definition) is 3. The van der Waals surface area contributed by atoms with Gasteiger partial charge in [0, 0.05) is 16.2 Å². The number of halogens is 2. The molecule has 0 spiro atoms. The second-order valence-electron chi connectivity index (χ2n) is 4.64. The number of nitrogens with zero attached hydrogens (tertiary/aromatic N) is 1. The maximum absolute atomic E-state index is 6.06. The Bertz CT molecular complexity index is 616. The zero-order valence-electron chi connectivity index (χ0n) is 11.5. The number of rotatable bonds is 4. The molecular formula is C15H17BrClN3. The summed E-state index contributed by atoms with van der Waals surface area (Å²) >= 11 is 9.68. The predicted molar refractivity (Wildman–Crippen MR) is 88.1 cm³/mol. The summed E-state index contributed by atoms with van der Waals surface area (Å²) in [5.74, 6) is 0.493. The molecule has 0 saturated heterocycles. The fourth-order valence-corrected chi connectivity index (χ4v) is 3.04. The molecule has 0 bridgehead atoms. The Morgan fingerprint density at radius 2 is 2.10 bits per heavy atom. The van der Waals surface area contributed by atoms with E-state index in [4.69, 9.17) is 17.3 Å². The minimum Gasteiger partial charge on any atom is -0.383 e. The highest BCUT2D eigenvalue weighted by Crippen LogP contribution is 2.32. The molecule has 1 aromatic heterocycles. The molecule has 0 saturated carbocycles. The van der Waals surface area contributed by atoms with Crippen LogP contribution in [-0.2, 0) is 0 Å². The van der Waals surface area contributed by atoms with Gasteiger partial charge in [-0.05, 0) is 36.7 Å². The van der Waals surface area contributed by atoms with Crippen LogP contribution in [0.2, 0.25) is 5.02 Å². The molecule has 1 atom stereocenters. The van der Waals surface area contributed by atoms with Crippen LogP contribution in [0.3, 0.4) is 0 Å². The van der Waals surface area contributed by atoms with E-state index in [9.17, 15) is 0 Å². The van der Waals surface area contributed by atoms with E-state index in [2.05, 4.69) is 58.3 Å². The van der Waals surface area contributed by atoms with Crippen LogP contribution >= 0.6 is 27.5 Å². The van der Waals surface area contributed by atoms with Crippen LogP contribution in [0.15, 0.2) is 34.9 Å². The summed E-state index contributed by atoms with van der Waals surface area (Å²) in [6.45, 7) is 4.94. The molecule has 2 rings (SSSR count). The Morgan fingerprint density at radius 3 is 2.75 bits per heavy atom. The SMILES string of the molecule is CCNC(c1ccc(C)cc1Br)c1cc(Cl)cnc1N. The van der Waals surface area contributed by atoms with Gasteiger partial charge in [0.05, 0.1) is 11.1 Å². The molecule has 0 aliphatic rings. The maximum Gasteiger partial charge on any atom is 0.128 e. The van der Waals surface area contributed by atoms with Crippen molar-refractivity contribution in [3.63, 3.8) is 0 Å². The Balaban J connectivity index is 2.53. The van der Waals surface area contributed by atoms with Crippen molar-refractivity contribution in [3.8, 4) is 0 Å². The lowest BCUT2D eigenvalue weighted by molar-refractivity contribution is 0.628. The molecule has 0 fully saturated rings. The number of aromatic nitrogens is 1. The Labute approximate surface area is 132 Å². The first-order chi connectivity index (χ1) is 9.52. The van der Waals surface area contributed by atoms with E-state index in [0.717, 1.165) is 22.1 Å². The second kappa shape index (κ2) is 6.57. The summed E-state index contributed by atoms with van der Waals surface area (Å²) in [5.41, 5.74) is 9.23. The molecule has 1 aromatic carbocycles. The number of aryl methyl sites for hydroxylation is 1. The van der Waals surface area contributed by atoms with Gasteiger partial charge < -0.3 is 11.1 Å². The van der Waals surface area contributed by atoms with Crippen molar-refractivity contribution in [2.24, 2.45) is 0 Å². The van der Waals surface area contributed by atoms with E-state index in [0.29, 0.717) is 10.8 Å². The average Bonchev–Trinajstić information content (AvgIpc) is 2.40. The van der Waals surface area contributed by atoms with Crippen LogP contribution in [0.1, 0.15) is 29.7 Å². The first-order valence-corrected chi connectivity index (χ1v) is 7.60. The van der Waals surface area contributed by atoms with Crippen LogP contribution in [0, 0.1) is 6.92 Å². The van der Waals surface area contributed by atoms with Crippen LogP contribution in [0.25, 0.3) is 0 Å². The number of pyridine rings is 1. The van der Waals surface area contributed by atoms with Crippen LogP contribution in [-0.4, -0.2) is 11.5 Å². The first kappa shape index (κ1) is 15.3. The largest absolute Gasteiger partial charge is 0.383 e. The second-order valence-corrected chi connectivity index (χ2v) is 5.93. The van der Waals surface area contributed by atoms with E-state index in [1.54, 1.807) is 6.20 Å². The third kappa shape index (κ3) is 3.32. The quantitative estimate of drug-likeness (QED) is 0.869. The molecule has 0 amide bonds. The van der Waals surface area contributed by atoms with Crippen molar-refractivity contribution < 1.29 is 0 Å². The van der Waals surface area contributed by atoms with Gasteiger partial charge in [0.15, 0.2) is 0 Å². The molecule has 1 heterocycles. The summed E-state index contributed by atoms with van der Waals surface area (Å²) < 4.78 is 1.04. The van der Waals surface area contributed by atoms with Crippen LogP contribution < -0.4 is 11.1 Å². The van der Waals surface area contributed by atoms with E-state index in [1.165, 1.54) is 5.56 Å². The fraction of sp³-hybridized carbons (Fsp3) is 0.267. The Morgan fingerprint density at radius 1 is 1.35 bits per heavy atom. The van der Waals surface area contributed by atoms with Crippen molar-refractivity contribution in [3.05, 3.63) is 56.6 Å². The van der Waals surface area contributed by atoms with Crippen molar-refractivity contribution in [1.29, 1.82) is 0 Å². The molecular weight excluding hydrogens is 338 g/mol. The van der Waals surface area contributed by atoms with Gasteiger partial charge in [-0.25, -0.2) is 4.98 Å². The Hall–Kier alpha value is -1.10. The van der Waals surface area contributed by atoms with Crippen molar-refractivity contribution in [2.75, 3.05) is 12.3 Å². The average molecular weight is 355 g/mol. The standard InChI is InChI=1S/C15H17BrClN3/c1-3-19-14(11-5-4-9(2)6-13(11)16)12-7-10(17)8-20-15(12)18/h4-8,14,19H,3H2,1-2H3,(H2,18,20). The number of nitrogens with two attached hydrogens (primary N) is 1. The Kier molecular flexibility index (Phi) is 5.02. The van der Waals surface area contributed by atoms with Gasteiger partial charge in [-0.15, -0.1) is 0 Å². The van der Waals surface area contributed by atoms with Gasteiger partial charge in [-0.3, -0.25) is 0 Å². The van der Waals surface area contributed by atoms with Crippen molar-refractivity contribution in [1.82, 2.24) is 10.3 Å². The zero-order chi connectivity index (χ0) is 14.7. The highest BCUT2D eigenvalue weighted by atomic mass is 79.9. The summed E-state index contributed by atoms with van der Waals surface area (Å²) in [4.78, 5) is 4.15. The summed E-state index contributed by atoms with van der Waals surface area (Å²) in [6.07, 6.45) is 1.56. The van der Waals surface area contributed by atoms with Gasteiger partial charge in [0.25, 0.3) is 0 Å². The molecule has 20 heavy (non-hydrogen) atoms. The minimum absolute atomic E-state index is 0.0406. The minimum atomic E-state index is -0.0406. The molecule has 3 N–H and O–H groups in total. The van der Waals surface area contributed by atoms with Gasteiger partial charge in [-0.1, -0.05) is 46.6 Å². The summed E-state index contributed by atoms with van der Waals surface area (Å²) in [6, 6.07) is 8.09. The third-order valence-corrected chi connectivity index (χ3v) is 4.00. The molecule has 2 aromatic rings. The highest BCUT2D eigenvalue weighted by Gasteiger charge is 2.19.